The Morgan fingerprint density at radius 1 is 1.56 bits per heavy atom. The van der Waals surface area contributed by atoms with Crippen LogP contribution < -0.4 is 5.32 Å². The number of nitrogens with one attached hydrogen (secondary N) is 1. The van der Waals surface area contributed by atoms with Gasteiger partial charge in [0, 0.05) is 6.20 Å². The van der Waals surface area contributed by atoms with Crippen molar-refractivity contribution in [2.45, 2.75) is 38.8 Å². The van der Waals surface area contributed by atoms with E-state index in [0.29, 0.717) is 11.8 Å². The summed E-state index contributed by atoms with van der Waals surface area (Å²) in [6, 6.07) is 1.95. The lowest BCUT2D eigenvalue weighted by atomic mass is 9.95. The predicted molar refractivity (Wildman–Crippen MR) is 63.0 cm³/mol. The highest BCUT2D eigenvalue weighted by Gasteiger charge is 2.38. The van der Waals surface area contributed by atoms with Crippen molar-refractivity contribution in [1.29, 1.82) is 0 Å². The predicted octanol–water partition coefficient (Wildman–Crippen LogP) is 1.68. The van der Waals surface area contributed by atoms with E-state index in [-0.39, 0.29) is 12.1 Å². The van der Waals surface area contributed by atoms with E-state index in [1.165, 1.54) is 6.33 Å². The molecule has 0 aromatic carbocycles. The van der Waals surface area contributed by atoms with Gasteiger partial charge in [0.1, 0.15) is 12.1 Å². The lowest BCUT2D eigenvalue weighted by molar-refractivity contribution is 0.119. The SMILES string of the molecule is CC[C@H]1C[C@@H](Nc2ccncn2)[C@H](O)[C@@H]1C. The van der Waals surface area contributed by atoms with Crippen molar-refractivity contribution in [3.63, 3.8) is 0 Å². The Labute approximate surface area is 96.1 Å². The molecule has 88 valence electrons. The van der Waals surface area contributed by atoms with Gasteiger partial charge in [0.2, 0.25) is 0 Å². The highest BCUT2D eigenvalue weighted by Crippen LogP contribution is 2.35. The van der Waals surface area contributed by atoms with E-state index < -0.39 is 0 Å². The van der Waals surface area contributed by atoms with Gasteiger partial charge in [-0.1, -0.05) is 20.3 Å². The molecule has 1 aromatic rings. The maximum Gasteiger partial charge on any atom is 0.129 e. The van der Waals surface area contributed by atoms with Crippen LogP contribution in [0.1, 0.15) is 26.7 Å². The number of aliphatic hydroxyl groups is 1. The second-order valence-corrected chi connectivity index (χ2v) is 4.60. The summed E-state index contributed by atoms with van der Waals surface area (Å²) in [5.74, 6) is 1.77. The Morgan fingerprint density at radius 2 is 2.38 bits per heavy atom. The van der Waals surface area contributed by atoms with Crippen LogP contribution in [0, 0.1) is 11.8 Å². The zero-order valence-electron chi connectivity index (χ0n) is 9.80. The van der Waals surface area contributed by atoms with Crippen LogP contribution in [0.25, 0.3) is 0 Å². The van der Waals surface area contributed by atoms with E-state index in [0.717, 1.165) is 18.7 Å². The van der Waals surface area contributed by atoms with E-state index in [2.05, 4.69) is 29.1 Å². The second-order valence-electron chi connectivity index (χ2n) is 4.60. The topological polar surface area (TPSA) is 58.0 Å². The third-order valence-corrected chi connectivity index (χ3v) is 3.69. The van der Waals surface area contributed by atoms with Crippen molar-refractivity contribution in [3.05, 3.63) is 18.6 Å². The van der Waals surface area contributed by atoms with Crippen LogP contribution >= 0.6 is 0 Å². The summed E-state index contributed by atoms with van der Waals surface area (Å²) in [5, 5.41) is 13.4. The summed E-state index contributed by atoms with van der Waals surface area (Å²) >= 11 is 0. The molecule has 0 unspecified atom stereocenters. The number of aromatic nitrogens is 2. The molecule has 0 saturated heterocycles. The van der Waals surface area contributed by atoms with E-state index in [4.69, 9.17) is 0 Å². The average Bonchev–Trinajstić information content (AvgIpc) is 2.58. The molecule has 1 aliphatic carbocycles. The van der Waals surface area contributed by atoms with E-state index in [9.17, 15) is 5.11 Å². The largest absolute Gasteiger partial charge is 0.391 e. The molecule has 16 heavy (non-hydrogen) atoms. The van der Waals surface area contributed by atoms with Crippen LogP contribution in [0.2, 0.25) is 0 Å². The monoisotopic (exact) mass is 221 g/mol. The number of anilines is 1. The van der Waals surface area contributed by atoms with Crippen molar-refractivity contribution in [2.75, 3.05) is 5.32 Å². The van der Waals surface area contributed by atoms with Crippen LogP contribution in [0.15, 0.2) is 18.6 Å². The minimum absolute atomic E-state index is 0.120. The number of hydrogen-bond donors (Lipinski definition) is 2. The van der Waals surface area contributed by atoms with Crippen LogP contribution in [-0.4, -0.2) is 27.2 Å². The lowest BCUT2D eigenvalue weighted by Crippen LogP contribution is -2.31. The van der Waals surface area contributed by atoms with Crippen molar-refractivity contribution in [2.24, 2.45) is 11.8 Å². The van der Waals surface area contributed by atoms with Crippen LogP contribution in [-0.2, 0) is 0 Å². The molecule has 1 fully saturated rings. The highest BCUT2D eigenvalue weighted by atomic mass is 16.3. The van der Waals surface area contributed by atoms with Crippen LogP contribution in [0.3, 0.4) is 0 Å². The molecule has 0 radical (unpaired) electrons. The van der Waals surface area contributed by atoms with Gasteiger partial charge < -0.3 is 10.4 Å². The molecular weight excluding hydrogens is 202 g/mol. The van der Waals surface area contributed by atoms with Crippen molar-refractivity contribution < 1.29 is 5.11 Å². The fourth-order valence-electron chi connectivity index (χ4n) is 2.57. The van der Waals surface area contributed by atoms with Crippen LogP contribution in [0.5, 0.6) is 0 Å². The van der Waals surface area contributed by atoms with Gasteiger partial charge in [0.05, 0.1) is 12.1 Å². The quantitative estimate of drug-likeness (QED) is 0.815. The fourth-order valence-corrected chi connectivity index (χ4v) is 2.57. The lowest BCUT2D eigenvalue weighted by Gasteiger charge is -2.19. The first-order chi connectivity index (χ1) is 7.72. The minimum Gasteiger partial charge on any atom is -0.391 e. The molecule has 0 spiro atoms. The van der Waals surface area contributed by atoms with Gasteiger partial charge in [-0.05, 0) is 24.3 Å². The first-order valence-corrected chi connectivity index (χ1v) is 5.93. The Bertz CT molecular complexity index is 330. The highest BCUT2D eigenvalue weighted by molar-refractivity contribution is 5.34. The molecule has 0 aliphatic heterocycles. The molecule has 1 aromatic heterocycles. The summed E-state index contributed by atoms with van der Waals surface area (Å²) < 4.78 is 0. The number of aliphatic hydroxyl groups excluding tert-OH is 1. The number of nitrogens with zero attached hydrogens (tertiary/aromatic N) is 2. The summed E-state index contributed by atoms with van der Waals surface area (Å²) in [6.07, 6.45) is 5.09. The molecule has 1 heterocycles. The Hall–Kier alpha value is -1.16. The third kappa shape index (κ3) is 2.16. The summed E-state index contributed by atoms with van der Waals surface area (Å²) in [7, 11) is 0. The molecule has 1 saturated carbocycles. The molecule has 2 rings (SSSR count). The van der Waals surface area contributed by atoms with Gasteiger partial charge in [-0.25, -0.2) is 9.97 Å². The summed E-state index contributed by atoms with van der Waals surface area (Å²) in [5.41, 5.74) is 0. The van der Waals surface area contributed by atoms with E-state index in [1.54, 1.807) is 6.20 Å². The van der Waals surface area contributed by atoms with Gasteiger partial charge in [0.25, 0.3) is 0 Å². The van der Waals surface area contributed by atoms with Gasteiger partial charge >= 0.3 is 0 Å². The van der Waals surface area contributed by atoms with Crippen molar-refractivity contribution in [3.8, 4) is 0 Å². The summed E-state index contributed by atoms with van der Waals surface area (Å²) in [6.45, 7) is 4.31. The maximum atomic E-state index is 10.1. The average molecular weight is 221 g/mol. The van der Waals surface area contributed by atoms with E-state index in [1.807, 2.05) is 6.07 Å². The fraction of sp³-hybridized carbons (Fsp3) is 0.667. The molecule has 0 amide bonds. The van der Waals surface area contributed by atoms with Gasteiger partial charge in [-0.3, -0.25) is 0 Å². The van der Waals surface area contributed by atoms with Crippen molar-refractivity contribution in [1.82, 2.24) is 9.97 Å². The van der Waals surface area contributed by atoms with Gasteiger partial charge in [-0.15, -0.1) is 0 Å². The number of hydrogen-bond acceptors (Lipinski definition) is 4. The first kappa shape index (κ1) is 11.3. The summed E-state index contributed by atoms with van der Waals surface area (Å²) in [4.78, 5) is 7.99. The van der Waals surface area contributed by atoms with Crippen molar-refractivity contribution >= 4 is 5.82 Å². The van der Waals surface area contributed by atoms with Gasteiger partial charge in [-0.2, -0.15) is 0 Å². The van der Waals surface area contributed by atoms with Crippen LogP contribution in [0.4, 0.5) is 5.82 Å². The third-order valence-electron chi connectivity index (χ3n) is 3.69. The maximum absolute atomic E-state index is 10.1. The Balaban J connectivity index is 2.01. The Kier molecular flexibility index (Phi) is 3.39. The first-order valence-electron chi connectivity index (χ1n) is 5.93. The Morgan fingerprint density at radius 3 is 2.94 bits per heavy atom. The molecule has 2 N–H and O–H groups in total. The number of rotatable bonds is 3. The molecule has 4 atom stereocenters. The molecule has 4 heteroatoms. The molecular formula is C12H19N3O. The zero-order chi connectivity index (χ0) is 11.5. The molecule has 0 bridgehead atoms. The normalized spacial score (nSPS) is 33.9. The zero-order valence-corrected chi connectivity index (χ0v) is 9.80. The molecule has 1 aliphatic rings. The second kappa shape index (κ2) is 4.78. The minimum atomic E-state index is -0.278. The smallest absolute Gasteiger partial charge is 0.129 e. The molecule has 4 nitrogen and oxygen atoms in total. The van der Waals surface area contributed by atoms with Gasteiger partial charge in [0.15, 0.2) is 0 Å². The van der Waals surface area contributed by atoms with E-state index >= 15 is 0 Å². The standard InChI is InChI=1S/C12H19N3O/c1-3-9-6-10(12(16)8(9)2)15-11-4-5-13-7-14-11/h4-5,7-10,12,16H,3,6H2,1-2H3,(H,13,14,15)/t8-,9+,10-,12-/m1/s1.